The molecule has 2 rings (SSSR count). The highest BCUT2D eigenvalue weighted by atomic mass is 79.9. The van der Waals surface area contributed by atoms with Gasteiger partial charge in [-0.15, -0.1) is 0 Å². The molecule has 1 amide bonds. The number of benzene rings is 2. The van der Waals surface area contributed by atoms with E-state index < -0.39 is 15.9 Å². The molecule has 146 valence electrons. The number of aliphatic imine (C=N–C) groups is 1. The van der Waals surface area contributed by atoms with Gasteiger partial charge in [0.25, 0.3) is 5.91 Å². The van der Waals surface area contributed by atoms with Gasteiger partial charge in [-0.3, -0.25) is 19.3 Å². The number of nitrogens with zero attached hydrogens (tertiary/aromatic N) is 1. The molecule has 0 fully saturated rings. The quantitative estimate of drug-likeness (QED) is 0.329. The summed E-state index contributed by atoms with van der Waals surface area (Å²) in [5.41, 5.74) is 6.96. The highest BCUT2D eigenvalue weighted by molar-refractivity contribution is 9.10. The number of halogens is 1. The highest BCUT2D eigenvalue weighted by Crippen LogP contribution is 2.24. The van der Waals surface area contributed by atoms with E-state index in [1.165, 1.54) is 12.3 Å². The number of sulfonamides is 1. The zero-order chi connectivity index (χ0) is 20.7. The SMILES string of the molecule is CS(=O)(=O)Nc1cc(Br)cc(NC(=O)/C(C=Nc2ccccc2C=O)=C/N)c1. The van der Waals surface area contributed by atoms with Crippen LogP contribution in [0.25, 0.3) is 0 Å². The summed E-state index contributed by atoms with van der Waals surface area (Å²) in [7, 11) is -3.47. The first kappa shape index (κ1) is 21.3. The van der Waals surface area contributed by atoms with Gasteiger partial charge in [-0.25, -0.2) is 8.42 Å². The molecule has 0 spiro atoms. The minimum atomic E-state index is -3.47. The van der Waals surface area contributed by atoms with Crippen molar-refractivity contribution < 1.29 is 18.0 Å². The monoisotopic (exact) mass is 464 g/mol. The Morgan fingerprint density at radius 3 is 2.50 bits per heavy atom. The first-order valence-corrected chi connectivity index (χ1v) is 10.5. The molecule has 0 heterocycles. The number of hydrogen-bond acceptors (Lipinski definition) is 6. The fraction of sp³-hybridized carbons (Fsp3) is 0.0556. The Kier molecular flexibility index (Phi) is 7.07. The van der Waals surface area contributed by atoms with Gasteiger partial charge in [0.05, 0.1) is 23.2 Å². The molecule has 0 unspecified atom stereocenters. The van der Waals surface area contributed by atoms with Gasteiger partial charge >= 0.3 is 0 Å². The molecule has 0 bridgehead atoms. The minimum Gasteiger partial charge on any atom is -0.404 e. The number of hydrogen-bond donors (Lipinski definition) is 3. The molecule has 28 heavy (non-hydrogen) atoms. The number of carbonyl (C=O) groups is 2. The molecular formula is C18H17BrN4O4S. The topological polar surface area (TPSA) is 131 Å². The van der Waals surface area contributed by atoms with Gasteiger partial charge in [0, 0.05) is 28.1 Å². The summed E-state index contributed by atoms with van der Waals surface area (Å²) < 4.78 is 25.7. The second-order valence-corrected chi connectivity index (χ2v) is 8.28. The summed E-state index contributed by atoms with van der Waals surface area (Å²) in [6.07, 6.45) is 4.01. The van der Waals surface area contributed by atoms with Gasteiger partial charge in [-0.05, 0) is 30.3 Å². The lowest BCUT2D eigenvalue weighted by atomic mass is 10.2. The molecule has 0 saturated carbocycles. The van der Waals surface area contributed by atoms with Crippen molar-refractivity contribution in [1.29, 1.82) is 0 Å². The van der Waals surface area contributed by atoms with Gasteiger partial charge in [-0.2, -0.15) is 0 Å². The smallest absolute Gasteiger partial charge is 0.258 e. The summed E-state index contributed by atoms with van der Waals surface area (Å²) in [6, 6.07) is 11.2. The van der Waals surface area contributed by atoms with E-state index in [1.54, 1.807) is 36.4 Å². The third kappa shape index (κ3) is 6.32. The molecule has 0 aliphatic carbocycles. The average Bonchev–Trinajstić information content (AvgIpc) is 2.60. The second-order valence-electron chi connectivity index (χ2n) is 5.61. The maximum absolute atomic E-state index is 12.5. The lowest BCUT2D eigenvalue weighted by molar-refractivity contribution is -0.112. The molecule has 8 nitrogen and oxygen atoms in total. The van der Waals surface area contributed by atoms with E-state index >= 15 is 0 Å². The van der Waals surface area contributed by atoms with Crippen LogP contribution in [0.5, 0.6) is 0 Å². The Morgan fingerprint density at radius 1 is 1.18 bits per heavy atom. The predicted molar refractivity (Wildman–Crippen MR) is 113 cm³/mol. The third-order valence-electron chi connectivity index (χ3n) is 3.31. The molecule has 0 aromatic heterocycles. The van der Waals surface area contributed by atoms with Crippen LogP contribution >= 0.6 is 15.9 Å². The lowest BCUT2D eigenvalue weighted by Crippen LogP contribution is -2.17. The normalized spacial score (nSPS) is 12.0. The molecule has 10 heteroatoms. The van der Waals surface area contributed by atoms with Crippen LogP contribution < -0.4 is 15.8 Å². The summed E-state index contributed by atoms with van der Waals surface area (Å²) in [5, 5.41) is 2.61. The standard InChI is InChI=1S/C18H17BrN4O4S/c1-28(26,27)23-16-7-14(19)6-15(8-16)22-18(25)13(9-20)10-21-17-5-3-2-4-12(17)11-24/h2-11,23H,20H2,1H3,(H,22,25)/b13-9+,21-10?. The van der Waals surface area contributed by atoms with E-state index in [4.69, 9.17) is 5.73 Å². The van der Waals surface area contributed by atoms with Gasteiger partial charge < -0.3 is 11.1 Å². The van der Waals surface area contributed by atoms with E-state index in [0.717, 1.165) is 12.5 Å². The average molecular weight is 465 g/mol. The fourth-order valence-corrected chi connectivity index (χ4v) is 3.20. The van der Waals surface area contributed by atoms with Gasteiger partial charge in [0.15, 0.2) is 6.29 Å². The van der Waals surface area contributed by atoms with Crippen LogP contribution in [-0.2, 0) is 14.8 Å². The van der Waals surface area contributed by atoms with Crippen molar-refractivity contribution >= 4 is 61.4 Å². The van der Waals surface area contributed by atoms with E-state index in [1.807, 2.05) is 0 Å². The van der Waals surface area contributed by atoms with Crippen molar-refractivity contribution in [1.82, 2.24) is 0 Å². The van der Waals surface area contributed by atoms with Crippen molar-refractivity contribution in [2.75, 3.05) is 16.3 Å². The van der Waals surface area contributed by atoms with Crippen LogP contribution in [0, 0.1) is 0 Å². The fourth-order valence-electron chi connectivity index (χ4n) is 2.16. The number of anilines is 2. The van der Waals surface area contributed by atoms with Crippen LogP contribution in [0.1, 0.15) is 10.4 Å². The van der Waals surface area contributed by atoms with Crippen molar-refractivity contribution in [2.45, 2.75) is 0 Å². The number of nitrogens with one attached hydrogen (secondary N) is 2. The first-order valence-electron chi connectivity index (χ1n) is 7.82. The Morgan fingerprint density at radius 2 is 1.86 bits per heavy atom. The van der Waals surface area contributed by atoms with Crippen LogP contribution in [0.15, 0.2) is 63.7 Å². The van der Waals surface area contributed by atoms with Crippen LogP contribution in [0.4, 0.5) is 17.1 Å². The molecule has 4 N–H and O–H groups in total. The van der Waals surface area contributed by atoms with Gasteiger partial charge in [0.2, 0.25) is 10.0 Å². The molecule has 0 aliphatic heterocycles. The van der Waals surface area contributed by atoms with E-state index in [0.29, 0.717) is 27.7 Å². The lowest BCUT2D eigenvalue weighted by Gasteiger charge is -2.10. The van der Waals surface area contributed by atoms with Crippen molar-refractivity contribution in [3.63, 3.8) is 0 Å². The van der Waals surface area contributed by atoms with Crippen molar-refractivity contribution in [3.05, 3.63) is 64.3 Å². The number of amides is 1. The Labute approximate surface area is 170 Å². The van der Waals surface area contributed by atoms with E-state index in [9.17, 15) is 18.0 Å². The zero-order valence-corrected chi connectivity index (χ0v) is 17.1. The Balaban J connectivity index is 2.21. The van der Waals surface area contributed by atoms with Crippen LogP contribution in [-0.4, -0.2) is 33.1 Å². The molecule has 0 radical (unpaired) electrons. The Hall–Kier alpha value is -2.98. The minimum absolute atomic E-state index is 0.0540. The second kappa shape index (κ2) is 9.29. The van der Waals surface area contributed by atoms with Gasteiger partial charge in [-0.1, -0.05) is 28.1 Å². The summed E-state index contributed by atoms with van der Waals surface area (Å²) in [4.78, 5) is 27.6. The van der Waals surface area contributed by atoms with Gasteiger partial charge in [0.1, 0.15) is 0 Å². The van der Waals surface area contributed by atoms with E-state index in [-0.39, 0.29) is 11.3 Å². The summed E-state index contributed by atoms with van der Waals surface area (Å²) in [6.45, 7) is 0. The molecule has 2 aromatic carbocycles. The number of para-hydroxylation sites is 1. The molecule has 0 aliphatic rings. The first-order chi connectivity index (χ1) is 13.2. The molecule has 0 atom stereocenters. The predicted octanol–water partition coefficient (Wildman–Crippen LogP) is 2.82. The van der Waals surface area contributed by atoms with Crippen LogP contribution in [0.2, 0.25) is 0 Å². The molecular weight excluding hydrogens is 448 g/mol. The highest BCUT2D eigenvalue weighted by Gasteiger charge is 2.10. The summed E-state index contributed by atoms with van der Waals surface area (Å²) >= 11 is 3.26. The number of carbonyl (C=O) groups excluding carboxylic acids is 2. The van der Waals surface area contributed by atoms with E-state index in [2.05, 4.69) is 31.0 Å². The third-order valence-corrected chi connectivity index (χ3v) is 4.37. The molecule has 0 saturated heterocycles. The largest absolute Gasteiger partial charge is 0.404 e. The number of rotatable bonds is 7. The maximum Gasteiger partial charge on any atom is 0.258 e. The summed E-state index contributed by atoms with van der Waals surface area (Å²) in [5.74, 6) is -0.557. The zero-order valence-electron chi connectivity index (χ0n) is 14.7. The van der Waals surface area contributed by atoms with Crippen molar-refractivity contribution in [3.8, 4) is 0 Å². The number of nitrogens with two attached hydrogens (primary N) is 1. The van der Waals surface area contributed by atoms with Crippen LogP contribution in [0.3, 0.4) is 0 Å². The maximum atomic E-state index is 12.5. The Bertz CT molecular complexity index is 1070. The van der Waals surface area contributed by atoms with Crippen molar-refractivity contribution in [2.24, 2.45) is 10.7 Å². The number of aldehydes is 1. The molecule has 2 aromatic rings.